The van der Waals surface area contributed by atoms with E-state index >= 15 is 13.2 Å². The lowest BCUT2D eigenvalue weighted by atomic mass is 9.96. The number of nitrogens with one attached hydrogen (secondary N) is 2. The predicted molar refractivity (Wildman–Crippen MR) is 176 cm³/mol. The number of thiazole rings is 1. The van der Waals surface area contributed by atoms with E-state index in [0.29, 0.717) is 53.7 Å². The molecule has 14 heteroatoms. The van der Waals surface area contributed by atoms with Crippen LogP contribution in [0.2, 0.25) is 0 Å². The number of benzene rings is 2. The van der Waals surface area contributed by atoms with Crippen LogP contribution in [0.3, 0.4) is 0 Å². The minimum absolute atomic E-state index is 0.0838. The number of anilines is 2. The van der Waals surface area contributed by atoms with Gasteiger partial charge < -0.3 is 19.7 Å². The van der Waals surface area contributed by atoms with Gasteiger partial charge in [-0.3, -0.25) is 19.8 Å². The SMILES string of the molecule is O=C(Nc1nccs1)C(c1ncn2c1CCC2)N1Cc2c(F)cc(-c3ccc(N4CCC(N5CCNCC5)C(F)(F)C4)cc3)cc2C1=O. The standard InChI is InChI=1S/C34H35F3N8O2S/c35-26-17-22(21-3-5-23(6-4-21)43-12-7-28(34(36,37)19-43)42-13-8-38-9-14-42)16-24-25(26)18-45(32(24)47)30(31(46)41-33-39-10-15-48-33)29-27-2-1-11-44(27)20-40-29/h3-6,10,15-17,20,28,30,38H,1-2,7-9,11-14,18-19H2,(H,39,41,46). The van der Waals surface area contributed by atoms with Gasteiger partial charge in [-0.1, -0.05) is 12.1 Å². The largest absolute Gasteiger partial charge is 0.365 e. The van der Waals surface area contributed by atoms with E-state index in [4.69, 9.17) is 0 Å². The summed E-state index contributed by atoms with van der Waals surface area (Å²) in [6, 6.07) is 8.28. The molecule has 4 aromatic rings. The average molecular weight is 677 g/mol. The number of hydrogen-bond donors (Lipinski definition) is 2. The number of halogens is 3. The third-order valence-electron chi connectivity index (χ3n) is 10.0. The number of carbonyl (C=O) groups excluding carboxylic acids is 2. The fraction of sp³-hybridized carbons (Fsp3) is 0.412. The van der Waals surface area contributed by atoms with Crippen molar-refractivity contribution in [1.82, 2.24) is 29.7 Å². The first kappa shape index (κ1) is 31.0. The molecule has 0 radical (unpaired) electrons. The summed E-state index contributed by atoms with van der Waals surface area (Å²) in [6.45, 7) is 3.54. The summed E-state index contributed by atoms with van der Waals surface area (Å²) in [6.07, 6.45) is 5.27. The average Bonchev–Trinajstić information content (AvgIpc) is 3.89. The lowest BCUT2D eigenvalue weighted by molar-refractivity contribution is -0.121. The summed E-state index contributed by atoms with van der Waals surface area (Å²) < 4.78 is 48.4. The van der Waals surface area contributed by atoms with Gasteiger partial charge in [-0.05, 0) is 54.7 Å². The highest BCUT2D eigenvalue weighted by atomic mass is 32.1. The number of carbonyl (C=O) groups is 2. The van der Waals surface area contributed by atoms with Gasteiger partial charge in [0, 0.05) is 73.4 Å². The predicted octanol–water partition coefficient (Wildman–Crippen LogP) is 4.55. The van der Waals surface area contributed by atoms with Crippen molar-refractivity contribution < 1.29 is 22.8 Å². The van der Waals surface area contributed by atoms with Crippen molar-refractivity contribution in [2.75, 3.05) is 49.5 Å². The third-order valence-corrected chi connectivity index (χ3v) is 10.7. The second kappa shape index (κ2) is 12.3. The van der Waals surface area contributed by atoms with Crippen LogP contribution < -0.4 is 15.5 Å². The van der Waals surface area contributed by atoms with Gasteiger partial charge in [-0.15, -0.1) is 11.3 Å². The van der Waals surface area contributed by atoms with Crippen molar-refractivity contribution in [3.63, 3.8) is 0 Å². The molecule has 2 amide bonds. The fourth-order valence-electron chi connectivity index (χ4n) is 7.62. The number of aryl methyl sites for hydroxylation is 1. The topological polar surface area (TPSA) is 98.6 Å². The van der Waals surface area contributed by atoms with Gasteiger partial charge in [0.15, 0.2) is 11.2 Å². The minimum atomic E-state index is -2.85. The molecule has 0 bridgehead atoms. The number of rotatable bonds is 7. The molecule has 2 aromatic carbocycles. The van der Waals surface area contributed by atoms with Gasteiger partial charge in [0.25, 0.3) is 17.7 Å². The molecule has 2 unspecified atom stereocenters. The van der Waals surface area contributed by atoms with Crippen LogP contribution in [0.25, 0.3) is 11.1 Å². The molecule has 0 saturated carbocycles. The molecule has 2 fully saturated rings. The Balaban J connectivity index is 1.03. The van der Waals surface area contributed by atoms with Gasteiger partial charge in [0.05, 0.1) is 31.2 Å². The maximum Gasteiger partial charge on any atom is 0.280 e. The summed E-state index contributed by atoms with van der Waals surface area (Å²) in [5, 5.41) is 8.17. The van der Waals surface area contributed by atoms with E-state index in [0.717, 1.165) is 38.2 Å². The number of piperazine rings is 1. The Morgan fingerprint density at radius 2 is 1.88 bits per heavy atom. The van der Waals surface area contributed by atoms with E-state index in [9.17, 15) is 9.59 Å². The molecule has 10 nitrogen and oxygen atoms in total. The number of imidazole rings is 1. The highest BCUT2D eigenvalue weighted by Crippen LogP contribution is 2.39. The van der Waals surface area contributed by atoms with Crippen molar-refractivity contribution in [2.45, 2.75) is 50.4 Å². The molecule has 48 heavy (non-hydrogen) atoms. The Hall–Kier alpha value is -4.27. The Morgan fingerprint density at radius 3 is 2.62 bits per heavy atom. The first-order valence-electron chi connectivity index (χ1n) is 16.3. The van der Waals surface area contributed by atoms with Gasteiger partial charge in [-0.25, -0.2) is 23.1 Å². The molecule has 0 spiro atoms. The Labute approximate surface area is 279 Å². The van der Waals surface area contributed by atoms with Crippen molar-refractivity contribution in [3.8, 4) is 11.1 Å². The van der Waals surface area contributed by atoms with Crippen molar-refractivity contribution in [2.24, 2.45) is 0 Å². The van der Waals surface area contributed by atoms with Crippen LogP contribution in [-0.4, -0.2) is 87.4 Å². The maximum absolute atomic E-state index is 15.8. The van der Waals surface area contributed by atoms with E-state index in [2.05, 4.69) is 20.6 Å². The van der Waals surface area contributed by atoms with Gasteiger partial charge in [0.1, 0.15) is 5.82 Å². The Bertz CT molecular complexity index is 1840. The van der Waals surface area contributed by atoms with E-state index in [1.807, 2.05) is 9.47 Å². The number of nitrogens with zero attached hydrogens (tertiary/aromatic N) is 6. The zero-order valence-corrected chi connectivity index (χ0v) is 27.0. The van der Waals surface area contributed by atoms with Crippen molar-refractivity contribution >= 4 is 34.0 Å². The molecule has 250 valence electrons. The molecule has 6 heterocycles. The third kappa shape index (κ3) is 5.55. The van der Waals surface area contributed by atoms with Gasteiger partial charge >= 0.3 is 0 Å². The highest BCUT2D eigenvalue weighted by molar-refractivity contribution is 7.13. The lowest BCUT2D eigenvalue weighted by Crippen LogP contribution is -2.61. The van der Waals surface area contributed by atoms with E-state index in [-0.39, 0.29) is 24.2 Å². The van der Waals surface area contributed by atoms with E-state index < -0.39 is 35.6 Å². The molecule has 2 N–H and O–H groups in total. The van der Waals surface area contributed by atoms with Gasteiger partial charge in [-0.2, -0.15) is 0 Å². The number of aromatic nitrogens is 3. The highest BCUT2D eigenvalue weighted by Gasteiger charge is 2.48. The molecule has 8 rings (SSSR count). The fourth-order valence-corrected chi connectivity index (χ4v) is 8.15. The molecule has 2 atom stereocenters. The first-order valence-corrected chi connectivity index (χ1v) is 17.2. The number of alkyl halides is 2. The minimum Gasteiger partial charge on any atom is -0.365 e. The van der Waals surface area contributed by atoms with Crippen LogP contribution in [0.5, 0.6) is 0 Å². The molecule has 2 saturated heterocycles. The Kier molecular flexibility index (Phi) is 7.96. The number of fused-ring (bicyclic) bond motifs is 2. The summed E-state index contributed by atoms with van der Waals surface area (Å²) in [7, 11) is 0. The van der Waals surface area contributed by atoms with Crippen LogP contribution in [-0.2, 0) is 24.3 Å². The molecule has 2 aromatic heterocycles. The molecule has 0 aliphatic carbocycles. The first-order chi connectivity index (χ1) is 23.3. The van der Waals surface area contributed by atoms with Crippen molar-refractivity contribution in [1.29, 1.82) is 0 Å². The van der Waals surface area contributed by atoms with Crippen molar-refractivity contribution in [3.05, 3.63) is 82.6 Å². The van der Waals surface area contributed by atoms with Gasteiger partial charge in [0.2, 0.25) is 0 Å². The smallest absolute Gasteiger partial charge is 0.280 e. The quantitative estimate of drug-likeness (QED) is 0.297. The molecule has 4 aliphatic heterocycles. The van der Waals surface area contributed by atoms with Crippen LogP contribution in [0, 0.1) is 5.82 Å². The zero-order chi connectivity index (χ0) is 33.0. The summed E-state index contributed by atoms with van der Waals surface area (Å²) in [5.41, 5.74) is 3.60. The molecular weight excluding hydrogens is 641 g/mol. The zero-order valence-electron chi connectivity index (χ0n) is 26.2. The second-order valence-electron chi connectivity index (χ2n) is 12.8. The number of amides is 2. The normalized spacial score (nSPS) is 21.3. The van der Waals surface area contributed by atoms with E-state index in [1.165, 1.54) is 22.3 Å². The van der Waals surface area contributed by atoms with Crippen LogP contribution in [0.4, 0.5) is 24.0 Å². The molecular formula is C34H35F3N8O2S. The van der Waals surface area contributed by atoms with Crippen LogP contribution >= 0.6 is 11.3 Å². The summed E-state index contributed by atoms with van der Waals surface area (Å²) >= 11 is 1.26. The number of hydrogen-bond acceptors (Lipinski definition) is 8. The number of piperidine rings is 1. The lowest BCUT2D eigenvalue weighted by Gasteiger charge is -2.45. The molecule has 4 aliphatic rings. The van der Waals surface area contributed by atoms with E-state index in [1.54, 1.807) is 53.1 Å². The summed E-state index contributed by atoms with van der Waals surface area (Å²) in [4.78, 5) is 41.4. The van der Waals surface area contributed by atoms with Crippen LogP contribution in [0.1, 0.15) is 46.2 Å². The maximum atomic E-state index is 15.8. The summed E-state index contributed by atoms with van der Waals surface area (Å²) in [5.74, 6) is -4.32. The monoisotopic (exact) mass is 676 g/mol. The second-order valence-corrected chi connectivity index (χ2v) is 13.7. The Morgan fingerprint density at radius 1 is 1.06 bits per heavy atom. The van der Waals surface area contributed by atoms with Crippen LogP contribution in [0.15, 0.2) is 54.3 Å².